The van der Waals surface area contributed by atoms with Gasteiger partial charge in [-0.15, -0.1) is 0 Å². The first-order valence-corrected chi connectivity index (χ1v) is 11.8. The molecule has 0 bridgehead atoms. The third-order valence-corrected chi connectivity index (χ3v) is 6.22. The van der Waals surface area contributed by atoms with Crippen molar-refractivity contribution in [3.63, 3.8) is 0 Å². The highest BCUT2D eigenvalue weighted by atomic mass is 16.5. The van der Waals surface area contributed by atoms with Crippen LogP contribution in [-0.4, -0.2) is 5.97 Å². The molecule has 0 aliphatic rings. The van der Waals surface area contributed by atoms with Gasteiger partial charge in [0.05, 0.1) is 0 Å². The van der Waals surface area contributed by atoms with E-state index >= 15 is 0 Å². The Bertz CT molecular complexity index is 1470. The first-order valence-electron chi connectivity index (χ1n) is 11.8. The molecule has 0 aromatic heterocycles. The molecule has 172 valence electrons. The third-order valence-electron chi connectivity index (χ3n) is 6.22. The van der Waals surface area contributed by atoms with E-state index in [1.54, 1.807) is 0 Å². The molecule has 35 heavy (non-hydrogen) atoms. The lowest BCUT2D eigenvalue weighted by Gasteiger charge is -2.15. The van der Waals surface area contributed by atoms with Crippen LogP contribution in [0.1, 0.15) is 17.5 Å². The highest BCUT2D eigenvalue weighted by Crippen LogP contribution is 2.36. The molecule has 5 aromatic carbocycles. The van der Waals surface area contributed by atoms with Crippen molar-refractivity contribution in [1.82, 2.24) is 0 Å². The van der Waals surface area contributed by atoms with Crippen LogP contribution in [0.4, 0.5) is 0 Å². The van der Waals surface area contributed by atoms with E-state index in [-0.39, 0.29) is 6.42 Å². The quantitative estimate of drug-likeness (QED) is 0.270. The van der Waals surface area contributed by atoms with Gasteiger partial charge in [-0.3, -0.25) is 0 Å². The summed E-state index contributed by atoms with van der Waals surface area (Å²) in [6.07, 6.45) is 0.449. The first-order chi connectivity index (χ1) is 17.2. The molecular weight excluding hydrogens is 432 g/mol. The Hall–Kier alpha value is -4.37. The van der Waals surface area contributed by atoms with E-state index < -0.39 is 5.97 Å². The summed E-state index contributed by atoms with van der Waals surface area (Å²) in [5.41, 5.74) is 6.46. The molecule has 0 heterocycles. The standard InChI is InChI=1S/C32H26O3/c33-32(34)20-17-24-11-4-5-14-27(24)25-12-8-13-26(21-25)28-18-19-31(30-16-7-6-15-29(28)30)35-22-23-9-2-1-3-10-23/h1-16,18-19,21H,17,20,22H2,(H,33,34)/p-1. The second-order valence-corrected chi connectivity index (χ2v) is 8.54. The van der Waals surface area contributed by atoms with E-state index in [0.29, 0.717) is 13.0 Å². The number of benzene rings is 5. The number of hydrogen-bond acceptors (Lipinski definition) is 3. The third kappa shape index (κ3) is 5.10. The maximum atomic E-state index is 11.0. The van der Waals surface area contributed by atoms with E-state index in [0.717, 1.165) is 49.9 Å². The highest BCUT2D eigenvalue weighted by molar-refractivity contribution is 6.00. The van der Waals surface area contributed by atoms with Crippen molar-refractivity contribution in [3.8, 4) is 28.0 Å². The number of rotatable bonds is 8. The molecule has 0 N–H and O–H groups in total. The van der Waals surface area contributed by atoms with E-state index in [1.165, 1.54) is 0 Å². The summed E-state index contributed by atoms with van der Waals surface area (Å²) < 4.78 is 6.20. The number of aryl methyl sites for hydroxylation is 1. The SMILES string of the molecule is O=C([O-])CCc1ccccc1-c1cccc(-c2ccc(OCc3ccccc3)c3ccccc23)c1. The molecule has 3 heteroatoms. The van der Waals surface area contributed by atoms with Gasteiger partial charge in [0, 0.05) is 11.4 Å². The fourth-order valence-corrected chi connectivity index (χ4v) is 4.50. The molecule has 5 aromatic rings. The highest BCUT2D eigenvalue weighted by Gasteiger charge is 2.11. The van der Waals surface area contributed by atoms with Crippen molar-refractivity contribution in [2.24, 2.45) is 0 Å². The van der Waals surface area contributed by atoms with Gasteiger partial charge in [0.1, 0.15) is 12.4 Å². The molecule has 0 amide bonds. The maximum Gasteiger partial charge on any atom is 0.127 e. The van der Waals surface area contributed by atoms with Gasteiger partial charge in [-0.2, -0.15) is 0 Å². The van der Waals surface area contributed by atoms with Crippen LogP contribution in [-0.2, 0) is 17.8 Å². The van der Waals surface area contributed by atoms with Crippen molar-refractivity contribution in [2.45, 2.75) is 19.4 Å². The van der Waals surface area contributed by atoms with Crippen LogP contribution >= 0.6 is 0 Å². The van der Waals surface area contributed by atoms with Crippen LogP contribution in [0.25, 0.3) is 33.0 Å². The Labute approximate surface area is 205 Å². The molecular formula is C32H25O3-. The predicted molar refractivity (Wildman–Crippen MR) is 139 cm³/mol. The van der Waals surface area contributed by atoms with Gasteiger partial charge in [0.25, 0.3) is 0 Å². The summed E-state index contributed by atoms with van der Waals surface area (Å²) in [6, 6.07) is 39.0. The topological polar surface area (TPSA) is 49.4 Å². The molecule has 0 atom stereocenters. The van der Waals surface area contributed by atoms with Crippen LogP contribution in [0, 0.1) is 0 Å². The summed E-state index contributed by atoms with van der Waals surface area (Å²) in [7, 11) is 0. The Morgan fingerprint density at radius 3 is 2.14 bits per heavy atom. The smallest absolute Gasteiger partial charge is 0.127 e. The normalized spacial score (nSPS) is 10.9. The van der Waals surface area contributed by atoms with Gasteiger partial charge < -0.3 is 14.6 Å². The Balaban J connectivity index is 1.50. The Kier molecular flexibility index (Phi) is 6.58. The van der Waals surface area contributed by atoms with E-state index in [9.17, 15) is 9.90 Å². The summed E-state index contributed by atoms with van der Waals surface area (Å²) >= 11 is 0. The molecule has 0 spiro atoms. The second-order valence-electron chi connectivity index (χ2n) is 8.54. The molecule has 0 aliphatic heterocycles. The average molecular weight is 458 g/mol. The summed E-state index contributed by atoms with van der Waals surface area (Å²) in [5.74, 6) is -0.174. The maximum absolute atomic E-state index is 11.0. The molecule has 0 unspecified atom stereocenters. The van der Waals surface area contributed by atoms with Crippen molar-refractivity contribution < 1.29 is 14.6 Å². The van der Waals surface area contributed by atoms with E-state index in [2.05, 4.69) is 54.6 Å². The van der Waals surface area contributed by atoms with Crippen molar-refractivity contribution in [3.05, 3.63) is 126 Å². The number of carbonyl (C=O) groups is 1. The molecule has 5 rings (SSSR count). The lowest BCUT2D eigenvalue weighted by atomic mass is 9.92. The fraction of sp³-hybridized carbons (Fsp3) is 0.0938. The van der Waals surface area contributed by atoms with Crippen LogP contribution in [0.3, 0.4) is 0 Å². The molecule has 3 nitrogen and oxygen atoms in total. The molecule has 0 saturated heterocycles. The number of carbonyl (C=O) groups excluding carboxylic acids is 1. The van der Waals surface area contributed by atoms with Gasteiger partial charge in [-0.1, -0.05) is 103 Å². The summed E-state index contributed by atoms with van der Waals surface area (Å²) in [6.45, 7) is 0.516. The first kappa shape index (κ1) is 22.4. The average Bonchev–Trinajstić information content (AvgIpc) is 2.91. The molecule has 0 fully saturated rings. The van der Waals surface area contributed by atoms with Gasteiger partial charge in [-0.25, -0.2) is 0 Å². The zero-order valence-electron chi connectivity index (χ0n) is 19.3. The van der Waals surface area contributed by atoms with Gasteiger partial charge >= 0.3 is 0 Å². The number of carboxylic acids is 1. The Morgan fingerprint density at radius 2 is 1.34 bits per heavy atom. The van der Waals surface area contributed by atoms with Crippen molar-refractivity contribution in [2.75, 3.05) is 0 Å². The number of aliphatic carboxylic acids is 1. The van der Waals surface area contributed by atoms with E-state index in [1.807, 2.05) is 60.7 Å². The minimum absolute atomic E-state index is 0.00574. The number of carboxylic acid groups (broad SMARTS) is 1. The van der Waals surface area contributed by atoms with Gasteiger partial charge in [0.2, 0.25) is 0 Å². The number of ether oxygens (including phenoxy) is 1. The number of fused-ring (bicyclic) bond motifs is 1. The van der Waals surface area contributed by atoms with Crippen LogP contribution in [0.15, 0.2) is 115 Å². The Morgan fingerprint density at radius 1 is 0.657 bits per heavy atom. The van der Waals surface area contributed by atoms with Gasteiger partial charge in [-0.05, 0) is 63.7 Å². The lowest BCUT2D eigenvalue weighted by Crippen LogP contribution is -2.22. The van der Waals surface area contributed by atoms with Crippen LogP contribution in [0.2, 0.25) is 0 Å². The lowest BCUT2D eigenvalue weighted by molar-refractivity contribution is -0.305. The molecule has 0 aliphatic carbocycles. The molecule has 0 radical (unpaired) electrons. The minimum atomic E-state index is -1.03. The minimum Gasteiger partial charge on any atom is -0.550 e. The number of hydrogen-bond donors (Lipinski definition) is 0. The largest absolute Gasteiger partial charge is 0.550 e. The predicted octanol–water partition coefficient (Wildman–Crippen LogP) is 6.44. The van der Waals surface area contributed by atoms with Crippen LogP contribution in [0.5, 0.6) is 5.75 Å². The second kappa shape index (κ2) is 10.3. The van der Waals surface area contributed by atoms with Crippen molar-refractivity contribution in [1.29, 1.82) is 0 Å². The fourth-order valence-electron chi connectivity index (χ4n) is 4.50. The van der Waals surface area contributed by atoms with Gasteiger partial charge in [0.15, 0.2) is 0 Å². The van der Waals surface area contributed by atoms with Crippen molar-refractivity contribution >= 4 is 16.7 Å². The zero-order chi connectivity index (χ0) is 24.0. The molecule has 0 saturated carbocycles. The monoisotopic (exact) mass is 457 g/mol. The zero-order valence-corrected chi connectivity index (χ0v) is 19.3. The summed E-state index contributed by atoms with van der Waals surface area (Å²) in [5, 5.41) is 13.2. The van der Waals surface area contributed by atoms with E-state index in [4.69, 9.17) is 4.74 Å². The van der Waals surface area contributed by atoms with Crippen LogP contribution < -0.4 is 9.84 Å². The summed E-state index contributed by atoms with van der Waals surface area (Å²) in [4.78, 5) is 11.0.